The molecule has 0 radical (unpaired) electrons. The number of methoxy groups -OCH3 is 1. The third kappa shape index (κ3) is 3.16. The zero-order valence-corrected chi connectivity index (χ0v) is 10.1. The van der Waals surface area contributed by atoms with Gasteiger partial charge in [0.2, 0.25) is 10.0 Å². The number of ether oxygens (including phenoxy) is 1. The molecular weight excluding hydrogens is 234 g/mol. The van der Waals surface area contributed by atoms with Crippen molar-refractivity contribution in [2.24, 2.45) is 0 Å². The van der Waals surface area contributed by atoms with Crippen LogP contribution in [0, 0.1) is 0 Å². The minimum absolute atomic E-state index is 0.0510. The molecule has 0 saturated carbocycles. The summed E-state index contributed by atoms with van der Waals surface area (Å²) in [5.74, 6) is -1.11. The van der Waals surface area contributed by atoms with Crippen LogP contribution in [0.5, 0.6) is 0 Å². The van der Waals surface area contributed by atoms with Crippen LogP contribution in [0.1, 0.15) is 19.3 Å². The molecule has 94 valence electrons. The van der Waals surface area contributed by atoms with E-state index >= 15 is 0 Å². The number of aliphatic carboxylic acids is 1. The fraction of sp³-hybridized carbons (Fsp3) is 0.889. The second kappa shape index (κ2) is 5.60. The first kappa shape index (κ1) is 13.4. The quantitative estimate of drug-likeness (QED) is 0.666. The molecule has 1 aliphatic heterocycles. The molecule has 0 unspecified atom stereocenters. The molecule has 6 nitrogen and oxygen atoms in total. The van der Waals surface area contributed by atoms with Gasteiger partial charge in [-0.15, -0.1) is 0 Å². The average Bonchev–Trinajstić information content (AvgIpc) is 2.66. The van der Waals surface area contributed by atoms with Gasteiger partial charge in [0.1, 0.15) is 6.04 Å². The lowest BCUT2D eigenvalue weighted by molar-refractivity contribution is -0.140. The molecule has 0 aliphatic carbocycles. The van der Waals surface area contributed by atoms with Crippen LogP contribution >= 0.6 is 0 Å². The number of carboxylic acids is 1. The van der Waals surface area contributed by atoms with Crippen LogP contribution in [-0.4, -0.2) is 55.9 Å². The van der Waals surface area contributed by atoms with Crippen molar-refractivity contribution < 1.29 is 23.1 Å². The summed E-state index contributed by atoms with van der Waals surface area (Å²) in [6.07, 6.45) is 1.40. The largest absolute Gasteiger partial charge is 0.480 e. The van der Waals surface area contributed by atoms with Crippen LogP contribution in [0.25, 0.3) is 0 Å². The van der Waals surface area contributed by atoms with E-state index in [-0.39, 0.29) is 5.75 Å². The van der Waals surface area contributed by atoms with E-state index in [0.29, 0.717) is 32.4 Å². The van der Waals surface area contributed by atoms with Crippen molar-refractivity contribution >= 4 is 16.0 Å². The predicted molar refractivity (Wildman–Crippen MR) is 57.6 cm³/mol. The number of rotatable bonds is 6. The van der Waals surface area contributed by atoms with E-state index in [4.69, 9.17) is 9.84 Å². The van der Waals surface area contributed by atoms with Crippen molar-refractivity contribution in [3.8, 4) is 0 Å². The van der Waals surface area contributed by atoms with Crippen molar-refractivity contribution in [2.75, 3.05) is 26.0 Å². The Balaban J connectivity index is 2.63. The summed E-state index contributed by atoms with van der Waals surface area (Å²) in [4.78, 5) is 10.9. The fourth-order valence-corrected chi connectivity index (χ4v) is 3.53. The molecule has 0 aromatic heterocycles. The summed E-state index contributed by atoms with van der Waals surface area (Å²) in [7, 11) is -1.95. The molecule has 16 heavy (non-hydrogen) atoms. The summed E-state index contributed by atoms with van der Waals surface area (Å²) >= 11 is 0. The monoisotopic (exact) mass is 251 g/mol. The molecule has 0 spiro atoms. The van der Waals surface area contributed by atoms with Crippen LogP contribution in [0.2, 0.25) is 0 Å². The molecule has 1 aliphatic rings. The lowest BCUT2D eigenvalue weighted by Gasteiger charge is -2.20. The maximum Gasteiger partial charge on any atom is 0.322 e. The maximum atomic E-state index is 11.8. The van der Waals surface area contributed by atoms with Gasteiger partial charge in [0, 0.05) is 20.3 Å². The molecule has 0 aromatic rings. The Morgan fingerprint density at radius 3 is 2.81 bits per heavy atom. The van der Waals surface area contributed by atoms with E-state index in [2.05, 4.69) is 0 Å². The molecule has 7 heteroatoms. The van der Waals surface area contributed by atoms with E-state index in [0.717, 1.165) is 4.31 Å². The number of sulfonamides is 1. The average molecular weight is 251 g/mol. The molecule has 1 rings (SSSR count). The van der Waals surface area contributed by atoms with Crippen LogP contribution < -0.4 is 0 Å². The van der Waals surface area contributed by atoms with Crippen molar-refractivity contribution in [1.82, 2.24) is 4.31 Å². The maximum absolute atomic E-state index is 11.8. The zero-order valence-electron chi connectivity index (χ0n) is 9.26. The minimum atomic E-state index is -3.45. The van der Waals surface area contributed by atoms with Crippen molar-refractivity contribution in [3.63, 3.8) is 0 Å². The number of carbonyl (C=O) groups is 1. The number of carboxylic acid groups (broad SMARTS) is 1. The summed E-state index contributed by atoms with van der Waals surface area (Å²) in [5.41, 5.74) is 0. The molecule has 0 amide bonds. The Hall–Kier alpha value is -0.660. The molecule has 1 saturated heterocycles. The van der Waals surface area contributed by atoms with E-state index in [1.807, 2.05) is 0 Å². The first-order valence-corrected chi connectivity index (χ1v) is 6.81. The van der Waals surface area contributed by atoms with Crippen LogP contribution in [0.15, 0.2) is 0 Å². The molecule has 1 N–H and O–H groups in total. The van der Waals surface area contributed by atoms with E-state index in [9.17, 15) is 13.2 Å². The van der Waals surface area contributed by atoms with Gasteiger partial charge >= 0.3 is 5.97 Å². The second-order valence-corrected chi connectivity index (χ2v) is 5.81. The topological polar surface area (TPSA) is 83.9 Å². The Bertz CT molecular complexity index is 340. The molecule has 0 aromatic carbocycles. The van der Waals surface area contributed by atoms with Gasteiger partial charge in [0.05, 0.1) is 5.75 Å². The Labute approximate surface area is 95.2 Å². The fourth-order valence-electron chi connectivity index (χ4n) is 1.82. The Morgan fingerprint density at radius 1 is 1.56 bits per heavy atom. The zero-order chi connectivity index (χ0) is 12.2. The molecular formula is C9H17NO5S. The highest BCUT2D eigenvalue weighted by atomic mass is 32.2. The number of nitrogens with zero attached hydrogens (tertiary/aromatic N) is 1. The summed E-state index contributed by atoms with van der Waals surface area (Å²) in [5, 5.41) is 8.89. The standard InChI is InChI=1S/C9H17NO5S/c1-15-6-3-7-16(13,14)10-5-2-4-8(10)9(11)12/h8H,2-7H2,1H3,(H,11,12)/t8-/m1/s1. The highest BCUT2D eigenvalue weighted by molar-refractivity contribution is 7.89. The van der Waals surface area contributed by atoms with E-state index < -0.39 is 22.0 Å². The third-order valence-electron chi connectivity index (χ3n) is 2.60. The van der Waals surface area contributed by atoms with Gasteiger partial charge < -0.3 is 9.84 Å². The van der Waals surface area contributed by atoms with Gasteiger partial charge in [0.25, 0.3) is 0 Å². The number of hydrogen-bond acceptors (Lipinski definition) is 4. The van der Waals surface area contributed by atoms with Crippen LogP contribution in [0.4, 0.5) is 0 Å². The minimum Gasteiger partial charge on any atom is -0.480 e. The summed E-state index contributed by atoms with van der Waals surface area (Å²) in [6.45, 7) is 0.678. The Kier molecular flexibility index (Phi) is 4.69. The smallest absolute Gasteiger partial charge is 0.322 e. The van der Waals surface area contributed by atoms with Crippen molar-refractivity contribution in [1.29, 1.82) is 0 Å². The third-order valence-corrected chi connectivity index (χ3v) is 4.55. The highest BCUT2D eigenvalue weighted by Crippen LogP contribution is 2.21. The van der Waals surface area contributed by atoms with Gasteiger partial charge in [-0.05, 0) is 19.3 Å². The van der Waals surface area contributed by atoms with Crippen molar-refractivity contribution in [3.05, 3.63) is 0 Å². The predicted octanol–water partition coefficient (Wildman–Crippen LogP) is -0.0983. The van der Waals surface area contributed by atoms with E-state index in [1.165, 1.54) is 7.11 Å². The summed E-state index contributed by atoms with van der Waals surface area (Å²) in [6, 6.07) is -0.882. The lowest BCUT2D eigenvalue weighted by Crippen LogP contribution is -2.41. The lowest BCUT2D eigenvalue weighted by atomic mass is 10.2. The SMILES string of the molecule is COCCCS(=O)(=O)N1CCC[C@@H]1C(=O)O. The van der Waals surface area contributed by atoms with Crippen LogP contribution in [0.3, 0.4) is 0 Å². The first-order chi connectivity index (χ1) is 7.49. The second-order valence-electron chi connectivity index (χ2n) is 3.77. The first-order valence-electron chi connectivity index (χ1n) is 5.20. The molecule has 1 atom stereocenters. The van der Waals surface area contributed by atoms with E-state index in [1.54, 1.807) is 0 Å². The van der Waals surface area contributed by atoms with Gasteiger partial charge in [-0.25, -0.2) is 8.42 Å². The van der Waals surface area contributed by atoms with Gasteiger partial charge in [-0.1, -0.05) is 0 Å². The van der Waals surface area contributed by atoms with Crippen LogP contribution in [-0.2, 0) is 19.6 Å². The highest BCUT2D eigenvalue weighted by Gasteiger charge is 2.38. The molecule has 1 heterocycles. The number of hydrogen-bond donors (Lipinski definition) is 1. The summed E-state index contributed by atoms with van der Waals surface area (Å²) < 4.78 is 29.5. The van der Waals surface area contributed by atoms with Gasteiger partial charge in [-0.3, -0.25) is 4.79 Å². The van der Waals surface area contributed by atoms with Crippen molar-refractivity contribution in [2.45, 2.75) is 25.3 Å². The normalized spacial score (nSPS) is 22.4. The Morgan fingerprint density at radius 2 is 2.25 bits per heavy atom. The van der Waals surface area contributed by atoms with Gasteiger partial charge in [0.15, 0.2) is 0 Å². The molecule has 0 bridgehead atoms. The molecule has 1 fully saturated rings. The van der Waals surface area contributed by atoms with Gasteiger partial charge in [-0.2, -0.15) is 4.31 Å².